The van der Waals surface area contributed by atoms with Crippen LogP contribution in [0.5, 0.6) is 11.5 Å². The molecule has 1 saturated heterocycles. The van der Waals surface area contributed by atoms with Gasteiger partial charge in [-0.1, -0.05) is 78.1 Å². The van der Waals surface area contributed by atoms with Crippen molar-refractivity contribution < 1.29 is 14.3 Å². The number of aryl methyl sites for hydroxylation is 1. The molecule has 0 aliphatic carbocycles. The minimum Gasteiger partial charge on any atom is -0.490 e. The highest BCUT2D eigenvalue weighted by atomic mass is 32.2. The van der Waals surface area contributed by atoms with Crippen LogP contribution in [0.4, 0.5) is 0 Å². The molecule has 35 heavy (non-hydrogen) atoms. The number of benzene rings is 3. The zero-order valence-electron chi connectivity index (χ0n) is 19.5. The van der Waals surface area contributed by atoms with Crippen molar-refractivity contribution >= 4 is 40.3 Å². The second-order valence-electron chi connectivity index (χ2n) is 7.95. The minimum atomic E-state index is -0.105. The highest BCUT2D eigenvalue weighted by Crippen LogP contribution is 2.36. The molecule has 0 atom stereocenters. The van der Waals surface area contributed by atoms with Gasteiger partial charge in [0, 0.05) is 5.56 Å². The van der Waals surface area contributed by atoms with E-state index in [0.717, 1.165) is 16.7 Å². The second-order valence-corrected chi connectivity index (χ2v) is 9.63. The van der Waals surface area contributed by atoms with Gasteiger partial charge in [0.1, 0.15) is 10.9 Å². The summed E-state index contributed by atoms with van der Waals surface area (Å²) in [6, 6.07) is 23.1. The third-order valence-corrected chi connectivity index (χ3v) is 6.80. The first-order valence-electron chi connectivity index (χ1n) is 11.2. The van der Waals surface area contributed by atoms with E-state index in [1.165, 1.54) is 17.3 Å². The first-order valence-corrected chi connectivity index (χ1v) is 12.4. The van der Waals surface area contributed by atoms with Crippen molar-refractivity contribution in [1.82, 2.24) is 4.90 Å². The largest absolute Gasteiger partial charge is 0.490 e. The van der Waals surface area contributed by atoms with Crippen molar-refractivity contribution in [2.24, 2.45) is 0 Å². The Hall–Kier alpha value is -3.60. The first-order chi connectivity index (χ1) is 17.0. The Bertz CT molecular complexity index is 1330. The molecule has 0 spiro atoms. The van der Waals surface area contributed by atoms with Gasteiger partial charge in [-0.2, -0.15) is 5.26 Å². The first kappa shape index (κ1) is 24.5. The zero-order valence-corrected chi connectivity index (χ0v) is 21.1. The summed E-state index contributed by atoms with van der Waals surface area (Å²) >= 11 is 6.79. The lowest BCUT2D eigenvalue weighted by atomic mass is 10.1. The number of amides is 1. The SMILES string of the molecule is CCOc1cc(C=C2SC(=S)N(Cc3ccc(C)cc3)C2=O)ccc1OCc1ccccc1C#N. The number of nitriles is 1. The molecule has 1 aliphatic rings. The average Bonchev–Trinajstić information content (AvgIpc) is 3.12. The van der Waals surface area contributed by atoms with Gasteiger partial charge in [-0.15, -0.1) is 0 Å². The maximum Gasteiger partial charge on any atom is 0.266 e. The fourth-order valence-corrected chi connectivity index (χ4v) is 4.83. The number of ether oxygens (including phenoxy) is 2. The molecule has 1 aliphatic heterocycles. The average molecular weight is 501 g/mol. The van der Waals surface area contributed by atoms with Crippen LogP contribution in [0.15, 0.2) is 71.6 Å². The smallest absolute Gasteiger partial charge is 0.266 e. The Morgan fingerprint density at radius 2 is 1.83 bits per heavy atom. The van der Waals surface area contributed by atoms with E-state index in [4.69, 9.17) is 21.7 Å². The van der Waals surface area contributed by atoms with Crippen LogP contribution in [-0.4, -0.2) is 21.7 Å². The number of carbonyl (C=O) groups is 1. The number of hydrogen-bond acceptors (Lipinski definition) is 6. The molecule has 0 N–H and O–H groups in total. The fraction of sp³-hybridized carbons (Fsp3) is 0.179. The van der Waals surface area contributed by atoms with Gasteiger partial charge in [0.15, 0.2) is 11.5 Å². The van der Waals surface area contributed by atoms with Crippen molar-refractivity contribution in [2.45, 2.75) is 27.0 Å². The predicted molar refractivity (Wildman–Crippen MR) is 143 cm³/mol. The number of rotatable bonds is 8. The lowest BCUT2D eigenvalue weighted by molar-refractivity contribution is -0.122. The molecule has 1 heterocycles. The summed E-state index contributed by atoms with van der Waals surface area (Å²) in [6.07, 6.45) is 1.83. The van der Waals surface area contributed by atoms with E-state index in [-0.39, 0.29) is 12.5 Å². The Kier molecular flexibility index (Phi) is 7.86. The van der Waals surface area contributed by atoms with E-state index in [0.29, 0.717) is 39.4 Å². The Balaban J connectivity index is 1.51. The molecule has 0 aromatic heterocycles. The van der Waals surface area contributed by atoms with Crippen LogP contribution in [0.2, 0.25) is 0 Å². The molecule has 7 heteroatoms. The third-order valence-electron chi connectivity index (χ3n) is 5.42. The highest BCUT2D eigenvalue weighted by Gasteiger charge is 2.32. The standard InChI is InChI=1S/C28H24N2O3S2/c1-3-32-25-14-21(12-13-24(25)33-18-23-7-5-4-6-22(23)16-29)15-26-27(31)30(28(34)35-26)17-20-10-8-19(2)9-11-20/h4-15H,3,17-18H2,1-2H3. The molecule has 3 aromatic rings. The molecular weight excluding hydrogens is 476 g/mol. The second kappa shape index (κ2) is 11.2. The van der Waals surface area contributed by atoms with E-state index in [1.54, 1.807) is 11.0 Å². The van der Waals surface area contributed by atoms with E-state index in [9.17, 15) is 10.1 Å². The topological polar surface area (TPSA) is 62.6 Å². The van der Waals surface area contributed by atoms with Crippen LogP contribution >= 0.6 is 24.0 Å². The van der Waals surface area contributed by atoms with Crippen LogP contribution < -0.4 is 9.47 Å². The normalized spacial score (nSPS) is 14.3. The van der Waals surface area contributed by atoms with Crippen molar-refractivity contribution in [3.05, 3.63) is 99.5 Å². The van der Waals surface area contributed by atoms with E-state index in [1.807, 2.05) is 80.6 Å². The minimum absolute atomic E-state index is 0.105. The van der Waals surface area contributed by atoms with Crippen LogP contribution in [0.25, 0.3) is 6.08 Å². The van der Waals surface area contributed by atoms with E-state index in [2.05, 4.69) is 6.07 Å². The Morgan fingerprint density at radius 1 is 1.06 bits per heavy atom. The maximum absolute atomic E-state index is 13.1. The van der Waals surface area contributed by atoms with Crippen LogP contribution in [0.3, 0.4) is 0 Å². The van der Waals surface area contributed by atoms with Gasteiger partial charge in [-0.3, -0.25) is 9.69 Å². The van der Waals surface area contributed by atoms with Gasteiger partial charge in [-0.25, -0.2) is 0 Å². The highest BCUT2D eigenvalue weighted by molar-refractivity contribution is 8.26. The molecule has 0 bridgehead atoms. The molecule has 1 amide bonds. The number of nitrogens with zero attached hydrogens (tertiary/aromatic N) is 2. The maximum atomic E-state index is 13.1. The number of carbonyl (C=O) groups excluding carboxylic acids is 1. The van der Waals surface area contributed by atoms with Gasteiger partial charge in [0.2, 0.25) is 0 Å². The molecule has 4 rings (SSSR count). The molecule has 1 fully saturated rings. The Morgan fingerprint density at radius 3 is 2.57 bits per heavy atom. The summed E-state index contributed by atoms with van der Waals surface area (Å²) in [5.41, 5.74) is 4.40. The number of thioether (sulfide) groups is 1. The van der Waals surface area contributed by atoms with Gasteiger partial charge < -0.3 is 9.47 Å². The van der Waals surface area contributed by atoms with Crippen LogP contribution in [-0.2, 0) is 17.9 Å². The number of thiocarbonyl (C=S) groups is 1. The van der Waals surface area contributed by atoms with Gasteiger partial charge in [-0.05, 0) is 49.2 Å². The summed E-state index contributed by atoms with van der Waals surface area (Å²) in [4.78, 5) is 15.3. The molecule has 176 valence electrons. The van der Waals surface area contributed by atoms with E-state index >= 15 is 0 Å². The summed E-state index contributed by atoms with van der Waals surface area (Å²) in [7, 11) is 0. The van der Waals surface area contributed by atoms with Crippen LogP contribution in [0.1, 0.15) is 34.7 Å². The molecule has 0 unspecified atom stereocenters. The summed E-state index contributed by atoms with van der Waals surface area (Å²) in [5.74, 6) is 1.04. The number of hydrogen-bond donors (Lipinski definition) is 0. The van der Waals surface area contributed by atoms with Gasteiger partial charge in [0.05, 0.1) is 29.7 Å². The summed E-state index contributed by atoms with van der Waals surface area (Å²) in [5, 5.41) is 9.30. The van der Waals surface area contributed by atoms with E-state index < -0.39 is 0 Å². The fourth-order valence-electron chi connectivity index (χ4n) is 3.58. The summed E-state index contributed by atoms with van der Waals surface area (Å²) < 4.78 is 12.3. The molecule has 0 radical (unpaired) electrons. The third kappa shape index (κ3) is 5.91. The monoisotopic (exact) mass is 500 g/mol. The predicted octanol–water partition coefficient (Wildman–Crippen LogP) is 6.25. The van der Waals surface area contributed by atoms with Crippen LogP contribution in [0, 0.1) is 18.3 Å². The van der Waals surface area contributed by atoms with Crippen molar-refractivity contribution in [3.8, 4) is 17.6 Å². The molecular formula is C28H24N2O3S2. The quantitative estimate of drug-likeness (QED) is 0.269. The lowest BCUT2D eigenvalue weighted by Gasteiger charge is -2.14. The van der Waals surface area contributed by atoms with Crippen molar-refractivity contribution in [1.29, 1.82) is 5.26 Å². The molecule has 0 saturated carbocycles. The molecule has 5 nitrogen and oxygen atoms in total. The Labute approximate surface area is 215 Å². The molecule has 3 aromatic carbocycles. The van der Waals surface area contributed by atoms with Gasteiger partial charge >= 0.3 is 0 Å². The van der Waals surface area contributed by atoms with Crippen molar-refractivity contribution in [3.63, 3.8) is 0 Å². The van der Waals surface area contributed by atoms with Crippen molar-refractivity contribution in [2.75, 3.05) is 6.61 Å². The lowest BCUT2D eigenvalue weighted by Crippen LogP contribution is -2.27. The zero-order chi connectivity index (χ0) is 24.8. The summed E-state index contributed by atoms with van der Waals surface area (Å²) in [6.45, 7) is 5.10. The van der Waals surface area contributed by atoms with Gasteiger partial charge in [0.25, 0.3) is 5.91 Å².